The van der Waals surface area contributed by atoms with Gasteiger partial charge in [0, 0.05) is 0 Å². The molecule has 0 aromatic carbocycles. The molecule has 0 aliphatic heterocycles. The minimum absolute atomic E-state index is 0. The van der Waals surface area contributed by atoms with Crippen LogP contribution in [-0.2, 0) is 19.5 Å². The second kappa shape index (κ2) is 23.0. The summed E-state index contributed by atoms with van der Waals surface area (Å²) in [5.41, 5.74) is 0. The molecule has 0 atom stereocenters. The monoisotopic (exact) mass is 280 g/mol. The third-order valence-electron chi connectivity index (χ3n) is 1.24. The maximum atomic E-state index is 3.25. The van der Waals surface area contributed by atoms with E-state index in [0.717, 1.165) is 6.42 Å². The molecule has 0 nitrogen and oxygen atoms in total. The van der Waals surface area contributed by atoms with Crippen molar-refractivity contribution in [1.82, 2.24) is 0 Å². The van der Waals surface area contributed by atoms with Crippen molar-refractivity contribution < 1.29 is 19.5 Å². The van der Waals surface area contributed by atoms with Crippen molar-refractivity contribution in [2.75, 3.05) is 0 Å². The Kier molecular flexibility index (Phi) is 38.6. The van der Waals surface area contributed by atoms with Gasteiger partial charge in [-0.3, -0.25) is 6.08 Å². The predicted molar refractivity (Wildman–Crippen MR) is 63.8 cm³/mol. The summed E-state index contributed by atoms with van der Waals surface area (Å²) in [6, 6.07) is 0. The Labute approximate surface area is 104 Å². The van der Waals surface area contributed by atoms with E-state index in [1.165, 1.54) is 25.3 Å². The van der Waals surface area contributed by atoms with Crippen LogP contribution < -0.4 is 0 Å². The molecule has 0 amide bonds. The Morgan fingerprint density at radius 2 is 1.64 bits per heavy atom. The first-order chi connectivity index (χ1) is 5.41. The molecule has 0 fully saturated rings. The van der Waals surface area contributed by atoms with E-state index in [1.54, 1.807) is 0 Å². The molecule has 1 rings (SSSR count). The zero-order valence-corrected chi connectivity index (χ0v) is 11.1. The Balaban J connectivity index is -0.0000000758. The molecule has 14 heavy (non-hydrogen) atoms. The quantitative estimate of drug-likeness (QED) is 0.351. The van der Waals surface area contributed by atoms with Gasteiger partial charge in [0.15, 0.2) is 0 Å². The Hall–Kier alpha value is -0.287. The van der Waals surface area contributed by atoms with Gasteiger partial charge in [0.1, 0.15) is 0 Å². The summed E-state index contributed by atoms with van der Waals surface area (Å²) >= 11 is 0. The van der Waals surface area contributed by atoms with Gasteiger partial charge < -0.3 is 20.9 Å². The van der Waals surface area contributed by atoms with Gasteiger partial charge in [-0.2, -0.15) is 6.42 Å². The van der Waals surface area contributed by atoms with E-state index in [4.69, 9.17) is 0 Å². The van der Waals surface area contributed by atoms with Gasteiger partial charge in [-0.05, 0) is 6.42 Å². The zero-order valence-electron chi connectivity index (χ0n) is 9.41. The Morgan fingerprint density at radius 3 is 2.21 bits per heavy atom. The van der Waals surface area contributed by atoms with E-state index in [9.17, 15) is 0 Å². The average molecular weight is 279 g/mol. The topological polar surface area (TPSA) is 0 Å². The third kappa shape index (κ3) is 22.6. The van der Waals surface area contributed by atoms with Crippen LogP contribution in [0.4, 0.5) is 0 Å². The molecule has 0 saturated carbocycles. The van der Waals surface area contributed by atoms with Gasteiger partial charge in [0.2, 0.25) is 0 Å². The molecule has 82 valence electrons. The van der Waals surface area contributed by atoms with Crippen LogP contribution in [0.3, 0.4) is 0 Å². The van der Waals surface area contributed by atoms with Crippen molar-refractivity contribution in [3.63, 3.8) is 0 Å². The second-order valence-corrected chi connectivity index (χ2v) is 2.28. The summed E-state index contributed by atoms with van der Waals surface area (Å²) in [5, 5.41) is 0. The van der Waals surface area contributed by atoms with Gasteiger partial charge >= 0.3 is 19.5 Å². The van der Waals surface area contributed by atoms with Crippen LogP contribution in [0.1, 0.15) is 25.7 Å². The number of hydrogen-bond donors (Lipinski definition) is 0. The van der Waals surface area contributed by atoms with E-state index in [2.05, 4.69) is 37.8 Å². The fourth-order valence-electron chi connectivity index (χ4n) is 0.786. The molecular weight excluding hydrogens is 257 g/mol. The summed E-state index contributed by atoms with van der Waals surface area (Å²) < 4.78 is 0. The van der Waals surface area contributed by atoms with Crippen LogP contribution in [0.2, 0.25) is 0 Å². The minimum Gasteiger partial charge on any atom is -0.500 e. The fourth-order valence-corrected chi connectivity index (χ4v) is 0.786. The molecule has 1 aliphatic carbocycles. The van der Waals surface area contributed by atoms with Crippen molar-refractivity contribution in [3.05, 3.63) is 58.7 Å². The predicted octanol–water partition coefficient (Wildman–Crippen LogP) is 4.38. The smallest absolute Gasteiger partial charge is 0.500 e. The summed E-state index contributed by atoms with van der Waals surface area (Å²) in [6.45, 7) is 6.50. The van der Waals surface area contributed by atoms with Crippen molar-refractivity contribution in [3.8, 4) is 0 Å². The molecule has 0 radical (unpaired) electrons. The molecule has 1 heteroatoms. The molecule has 0 aromatic rings. The van der Waals surface area contributed by atoms with Crippen molar-refractivity contribution in [2.24, 2.45) is 0 Å². The maximum absolute atomic E-state index is 3.25. The molecule has 0 unspecified atom stereocenters. The van der Waals surface area contributed by atoms with E-state index in [1.807, 2.05) is 0 Å². The Morgan fingerprint density at radius 1 is 1.14 bits per heavy atom. The molecule has 0 N–H and O–H groups in total. The third-order valence-corrected chi connectivity index (χ3v) is 1.24. The first kappa shape index (κ1) is 23.5. The van der Waals surface area contributed by atoms with Crippen LogP contribution in [0.15, 0.2) is 30.9 Å². The molecule has 0 aromatic heterocycles. The van der Waals surface area contributed by atoms with Crippen molar-refractivity contribution >= 4 is 0 Å². The molecule has 0 spiro atoms. The normalized spacial score (nSPS) is 12.3. The summed E-state index contributed by atoms with van der Waals surface area (Å²) in [7, 11) is 0. The van der Waals surface area contributed by atoms with Gasteiger partial charge in [-0.15, -0.1) is 0 Å². The summed E-state index contributed by atoms with van der Waals surface area (Å²) in [5.74, 6) is 0. The zero-order chi connectivity index (χ0) is 8.36. The SMILES string of the molecule is C=C[CH2-].[C-]1=CCCC=CCC1.[CH3-].[CH3-].[Ru+4]. The van der Waals surface area contributed by atoms with E-state index in [0.29, 0.717) is 0 Å². The van der Waals surface area contributed by atoms with Crippen LogP contribution in [0, 0.1) is 27.9 Å². The van der Waals surface area contributed by atoms with Gasteiger partial charge in [0.05, 0.1) is 0 Å². The maximum Gasteiger partial charge on any atom is 4.00 e. The van der Waals surface area contributed by atoms with E-state index < -0.39 is 0 Å². The Bertz CT molecular complexity index is 108. The number of allylic oxidation sites excluding steroid dienone is 5. The second-order valence-electron chi connectivity index (χ2n) is 2.28. The van der Waals surface area contributed by atoms with Crippen LogP contribution >= 0.6 is 0 Å². The van der Waals surface area contributed by atoms with Crippen molar-refractivity contribution in [2.45, 2.75) is 25.7 Å². The van der Waals surface area contributed by atoms with Crippen LogP contribution in [-0.4, -0.2) is 0 Å². The van der Waals surface area contributed by atoms with Gasteiger partial charge in [-0.25, -0.2) is 19.6 Å². The van der Waals surface area contributed by atoms with Crippen LogP contribution in [0.25, 0.3) is 0 Å². The van der Waals surface area contributed by atoms with E-state index in [-0.39, 0.29) is 34.3 Å². The molecule has 0 saturated heterocycles. The summed E-state index contributed by atoms with van der Waals surface area (Å²) in [6.07, 6.45) is 16.0. The molecule has 1 aliphatic rings. The largest absolute Gasteiger partial charge is 4.00 e. The molecular formula is C13H22Ru. The fraction of sp³-hybridized carbons (Fsp3) is 0.308. The van der Waals surface area contributed by atoms with Gasteiger partial charge in [-0.1, -0.05) is 25.0 Å². The molecule has 0 heterocycles. The number of rotatable bonds is 0. The first-order valence-corrected chi connectivity index (χ1v) is 4.02. The van der Waals surface area contributed by atoms with Crippen LogP contribution in [0.5, 0.6) is 0 Å². The van der Waals surface area contributed by atoms with Crippen molar-refractivity contribution in [1.29, 1.82) is 0 Å². The summed E-state index contributed by atoms with van der Waals surface area (Å²) in [4.78, 5) is 0. The average Bonchev–Trinajstić information content (AvgIpc) is 1.86. The number of hydrogen-bond acceptors (Lipinski definition) is 0. The first-order valence-electron chi connectivity index (χ1n) is 4.02. The standard InChI is InChI=1S/C8H11.C3H5.2CH3.Ru/c1-2-4-6-8-7-5-3-1;1-3-2;;;/h1-2,7H,3-6H2;3H,1-2H2;2*1H3;/q4*-1;+4. The van der Waals surface area contributed by atoms with Gasteiger partial charge in [0.25, 0.3) is 0 Å². The minimum atomic E-state index is 0. The molecule has 0 bridgehead atoms. The van der Waals surface area contributed by atoms with E-state index >= 15 is 0 Å².